The van der Waals surface area contributed by atoms with Gasteiger partial charge >= 0.3 is 0 Å². The summed E-state index contributed by atoms with van der Waals surface area (Å²) in [5.41, 5.74) is 1.15. The summed E-state index contributed by atoms with van der Waals surface area (Å²) in [6.45, 7) is 6.74. The first-order valence-electron chi connectivity index (χ1n) is 6.85. The molecule has 1 aromatic rings. The minimum atomic E-state index is -0.615. The van der Waals surface area contributed by atoms with Crippen LogP contribution in [0.15, 0.2) is 22.7 Å². The van der Waals surface area contributed by atoms with Gasteiger partial charge < -0.3 is 20.3 Å². The van der Waals surface area contributed by atoms with E-state index in [1.807, 2.05) is 39.0 Å². The third-order valence-corrected chi connectivity index (χ3v) is 3.76. The van der Waals surface area contributed by atoms with Crippen molar-refractivity contribution in [2.75, 3.05) is 19.8 Å². The molecule has 0 bridgehead atoms. The molecule has 0 aromatic heterocycles. The predicted octanol–water partition coefficient (Wildman–Crippen LogP) is 2.10. The van der Waals surface area contributed by atoms with Crippen LogP contribution in [0.3, 0.4) is 0 Å². The highest BCUT2D eigenvalue weighted by Gasteiger charge is 2.14. The maximum atomic E-state index is 9.90. The third-order valence-electron chi connectivity index (χ3n) is 3.14. The molecule has 1 unspecified atom stereocenters. The lowest BCUT2D eigenvalue weighted by Crippen LogP contribution is -2.42. The average molecular weight is 346 g/mol. The molecule has 0 aliphatic rings. The van der Waals surface area contributed by atoms with Crippen molar-refractivity contribution in [3.63, 3.8) is 0 Å². The van der Waals surface area contributed by atoms with Crippen LogP contribution in [0, 0.1) is 12.8 Å². The van der Waals surface area contributed by atoms with E-state index in [0.29, 0.717) is 12.5 Å². The molecule has 2 atom stereocenters. The normalized spacial score (nSPS) is 14.3. The first kappa shape index (κ1) is 17.4. The van der Waals surface area contributed by atoms with Crippen molar-refractivity contribution in [3.8, 4) is 5.75 Å². The zero-order valence-electron chi connectivity index (χ0n) is 12.3. The van der Waals surface area contributed by atoms with Gasteiger partial charge in [0.15, 0.2) is 0 Å². The van der Waals surface area contributed by atoms with Crippen LogP contribution in [0.1, 0.15) is 19.4 Å². The molecule has 0 amide bonds. The van der Waals surface area contributed by atoms with Crippen LogP contribution in [0.2, 0.25) is 0 Å². The van der Waals surface area contributed by atoms with Gasteiger partial charge in [-0.15, -0.1) is 0 Å². The Morgan fingerprint density at radius 1 is 1.35 bits per heavy atom. The van der Waals surface area contributed by atoms with Crippen molar-refractivity contribution in [2.24, 2.45) is 5.92 Å². The number of aliphatic hydroxyl groups is 2. The summed E-state index contributed by atoms with van der Waals surface area (Å²) in [5, 5.41) is 22.2. The second-order valence-electron chi connectivity index (χ2n) is 5.34. The minimum absolute atomic E-state index is 0.00393. The molecule has 114 valence electrons. The summed E-state index contributed by atoms with van der Waals surface area (Å²) in [6, 6.07) is 5.81. The van der Waals surface area contributed by atoms with E-state index < -0.39 is 6.10 Å². The van der Waals surface area contributed by atoms with Crippen LogP contribution < -0.4 is 10.1 Å². The van der Waals surface area contributed by atoms with E-state index in [0.717, 1.165) is 15.8 Å². The number of aliphatic hydroxyl groups excluding tert-OH is 2. The highest BCUT2D eigenvalue weighted by Crippen LogP contribution is 2.25. The Morgan fingerprint density at radius 2 is 2.05 bits per heavy atom. The van der Waals surface area contributed by atoms with E-state index in [-0.39, 0.29) is 19.3 Å². The summed E-state index contributed by atoms with van der Waals surface area (Å²) in [6.07, 6.45) is -0.615. The van der Waals surface area contributed by atoms with E-state index in [1.165, 1.54) is 0 Å². The molecule has 0 saturated heterocycles. The van der Waals surface area contributed by atoms with Gasteiger partial charge in [0, 0.05) is 12.6 Å². The lowest BCUT2D eigenvalue weighted by Gasteiger charge is -2.22. The molecule has 0 aliphatic heterocycles. The molecule has 5 heteroatoms. The first-order chi connectivity index (χ1) is 9.43. The van der Waals surface area contributed by atoms with Gasteiger partial charge in [-0.3, -0.25) is 0 Å². The quantitative estimate of drug-likeness (QED) is 0.675. The van der Waals surface area contributed by atoms with E-state index in [4.69, 9.17) is 4.74 Å². The fourth-order valence-electron chi connectivity index (χ4n) is 1.77. The second kappa shape index (κ2) is 8.62. The molecule has 1 aromatic carbocycles. The molecular formula is C15H24BrNO3. The van der Waals surface area contributed by atoms with Gasteiger partial charge in [-0.1, -0.05) is 19.9 Å². The van der Waals surface area contributed by atoms with Crippen LogP contribution in [0.5, 0.6) is 5.75 Å². The van der Waals surface area contributed by atoms with E-state index in [1.54, 1.807) is 0 Å². The molecular weight excluding hydrogens is 322 g/mol. The van der Waals surface area contributed by atoms with Crippen molar-refractivity contribution < 1.29 is 14.9 Å². The lowest BCUT2D eigenvalue weighted by atomic mass is 10.1. The highest BCUT2D eigenvalue weighted by molar-refractivity contribution is 9.10. The summed E-state index contributed by atoms with van der Waals surface area (Å²) in [5.74, 6) is 1.04. The Kier molecular flexibility index (Phi) is 7.51. The Balaban J connectivity index is 2.37. The van der Waals surface area contributed by atoms with Gasteiger partial charge in [-0.2, -0.15) is 0 Å². The number of aryl methyl sites for hydroxylation is 1. The SMILES string of the molecule is Cc1ccc(OCC(O)CN[C@H](CO)C(C)C)c(Br)c1. The fraction of sp³-hybridized carbons (Fsp3) is 0.600. The first-order valence-corrected chi connectivity index (χ1v) is 7.64. The van der Waals surface area contributed by atoms with Crippen molar-refractivity contribution in [1.82, 2.24) is 5.32 Å². The molecule has 3 N–H and O–H groups in total. The molecule has 1 rings (SSSR count). The number of benzene rings is 1. The van der Waals surface area contributed by atoms with Crippen molar-refractivity contribution in [2.45, 2.75) is 32.9 Å². The van der Waals surface area contributed by atoms with Crippen molar-refractivity contribution >= 4 is 15.9 Å². The standard InChI is InChI=1S/C15H24BrNO3/c1-10(2)14(8-18)17-7-12(19)9-20-15-5-4-11(3)6-13(15)16/h4-6,10,12,14,17-19H,7-9H2,1-3H3/t12?,14-/m1/s1. The summed E-state index contributed by atoms with van der Waals surface area (Å²) in [4.78, 5) is 0. The number of ether oxygens (including phenoxy) is 1. The van der Waals surface area contributed by atoms with Crippen LogP contribution in [0.25, 0.3) is 0 Å². The molecule has 0 spiro atoms. The third kappa shape index (κ3) is 5.79. The van der Waals surface area contributed by atoms with E-state index in [9.17, 15) is 10.2 Å². The maximum absolute atomic E-state index is 9.90. The number of rotatable bonds is 8. The van der Waals surface area contributed by atoms with Crippen LogP contribution >= 0.6 is 15.9 Å². The summed E-state index contributed by atoms with van der Waals surface area (Å²) < 4.78 is 6.46. The van der Waals surface area contributed by atoms with Gasteiger partial charge in [-0.25, -0.2) is 0 Å². The number of hydrogen-bond acceptors (Lipinski definition) is 4. The molecule has 0 radical (unpaired) electrons. The molecule has 20 heavy (non-hydrogen) atoms. The maximum Gasteiger partial charge on any atom is 0.133 e. The zero-order valence-corrected chi connectivity index (χ0v) is 13.9. The number of hydrogen-bond donors (Lipinski definition) is 3. The van der Waals surface area contributed by atoms with Gasteiger partial charge in [0.2, 0.25) is 0 Å². The van der Waals surface area contributed by atoms with Crippen LogP contribution in [0.4, 0.5) is 0 Å². The zero-order chi connectivity index (χ0) is 15.1. The molecule has 0 aliphatic carbocycles. The Bertz CT molecular complexity index is 412. The van der Waals surface area contributed by atoms with E-state index in [2.05, 4.69) is 21.2 Å². The topological polar surface area (TPSA) is 61.7 Å². The average Bonchev–Trinajstić information content (AvgIpc) is 2.38. The van der Waals surface area contributed by atoms with Gasteiger partial charge in [0.1, 0.15) is 18.5 Å². The lowest BCUT2D eigenvalue weighted by molar-refractivity contribution is 0.0958. The highest BCUT2D eigenvalue weighted by atomic mass is 79.9. The fourth-order valence-corrected chi connectivity index (χ4v) is 2.37. The van der Waals surface area contributed by atoms with E-state index >= 15 is 0 Å². The largest absolute Gasteiger partial charge is 0.490 e. The molecule has 0 fully saturated rings. The Labute approximate surface area is 129 Å². The smallest absolute Gasteiger partial charge is 0.133 e. The number of nitrogens with one attached hydrogen (secondary N) is 1. The number of halogens is 1. The Morgan fingerprint density at radius 3 is 2.60 bits per heavy atom. The van der Waals surface area contributed by atoms with Gasteiger partial charge in [-0.05, 0) is 46.5 Å². The van der Waals surface area contributed by atoms with Crippen molar-refractivity contribution in [3.05, 3.63) is 28.2 Å². The predicted molar refractivity (Wildman–Crippen MR) is 84.1 cm³/mol. The van der Waals surface area contributed by atoms with Crippen molar-refractivity contribution in [1.29, 1.82) is 0 Å². The van der Waals surface area contributed by atoms with Gasteiger partial charge in [0.05, 0.1) is 11.1 Å². The van der Waals surface area contributed by atoms with Gasteiger partial charge in [0.25, 0.3) is 0 Å². The van der Waals surface area contributed by atoms with Crippen LogP contribution in [-0.2, 0) is 0 Å². The molecule has 0 saturated carbocycles. The minimum Gasteiger partial charge on any atom is -0.490 e. The molecule has 0 heterocycles. The second-order valence-corrected chi connectivity index (χ2v) is 6.19. The monoisotopic (exact) mass is 345 g/mol. The summed E-state index contributed by atoms with van der Waals surface area (Å²) >= 11 is 3.43. The Hall–Kier alpha value is -0.620. The molecule has 4 nitrogen and oxygen atoms in total. The summed E-state index contributed by atoms with van der Waals surface area (Å²) in [7, 11) is 0. The van der Waals surface area contributed by atoms with Crippen LogP contribution in [-0.4, -0.2) is 42.1 Å².